The van der Waals surface area contributed by atoms with E-state index in [-0.39, 0.29) is 26.2 Å². The highest BCUT2D eigenvalue weighted by molar-refractivity contribution is 6.34. The predicted octanol–water partition coefficient (Wildman–Crippen LogP) is 3.98. The van der Waals surface area contributed by atoms with E-state index >= 15 is 0 Å². The highest BCUT2D eigenvalue weighted by Crippen LogP contribution is 2.59. The number of ether oxygens (including phenoxy) is 2. The fourth-order valence-corrected chi connectivity index (χ4v) is 7.37. The summed E-state index contributed by atoms with van der Waals surface area (Å²) in [7, 11) is 0. The monoisotopic (exact) mass is 649 g/mol. The van der Waals surface area contributed by atoms with Gasteiger partial charge in [0.25, 0.3) is 5.91 Å². The number of aliphatic hydroxyl groups excluding tert-OH is 1. The lowest BCUT2D eigenvalue weighted by molar-refractivity contribution is -0.146. The van der Waals surface area contributed by atoms with E-state index in [1.54, 1.807) is 43.3 Å². The van der Waals surface area contributed by atoms with Crippen molar-refractivity contribution in [2.45, 2.75) is 62.4 Å². The van der Waals surface area contributed by atoms with Crippen LogP contribution in [0, 0.1) is 11.8 Å². The zero-order valence-corrected chi connectivity index (χ0v) is 26.6. The van der Waals surface area contributed by atoms with Crippen molar-refractivity contribution in [2.75, 3.05) is 24.7 Å². The van der Waals surface area contributed by atoms with Crippen molar-refractivity contribution in [1.29, 1.82) is 0 Å². The normalized spacial score (nSPS) is 25.8. The van der Waals surface area contributed by atoms with Crippen LogP contribution in [0.25, 0.3) is 0 Å². The molecule has 1 spiro atoms. The van der Waals surface area contributed by atoms with Crippen LogP contribution in [0.2, 0.25) is 5.02 Å². The Hall–Kier alpha value is -3.99. The summed E-state index contributed by atoms with van der Waals surface area (Å²) in [6.45, 7) is 8.73. The first-order chi connectivity index (χ1) is 22.2. The van der Waals surface area contributed by atoms with Gasteiger partial charge in [-0.2, -0.15) is 0 Å². The van der Waals surface area contributed by atoms with Gasteiger partial charge < -0.3 is 29.7 Å². The summed E-state index contributed by atoms with van der Waals surface area (Å²) in [5.74, 6) is -3.56. The Labute approximate surface area is 274 Å². The standard InChI is InChI=1S/C35H40ClN3O7/c1-4-6-16-28(41)45-21-25(23-12-8-7-9-13-23)37-32(42)29-27-17-18-35(46-27)30(29)33(43)39(22(3)20-40)31(35)34(44)38(19-5-2)26-15-11-10-14-24(26)36/h4-5,7-15,22,25,27,29-31,40H,1-2,6,16-21H2,3H3,(H,37,42)/t22-,25+,27-,29+,30+,31-,35+/m1/s1. The molecule has 2 N–H and O–H groups in total. The summed E-state index contributed by atoms with van der Waals surface area (Å²) < 4.78 is 12.1. The number of carbonyl (C=O) groups excluding carboxylic acids is 4. The molecule has 3 aliphatic rings. The van der Waals surface area contributed by atoms with Gasteiger partial charge >= 0.3 is 5.97 Å². The molecule has 3 fully saturated rings. The minimum atomic E-state index is -1.29. The van der Waals surface area contributed by atoms with Crippen molar-refractivity contribution in [2.24, 2.45) is 11.8 Å². The van der Waals surface area contributed by atoms with Crippen LogP contribution in [-0.4, -0.2) is 77.2 Å². The Morgan fingerprint density at radius 3 is 2.57 bits per heavy atom. The minimum absolute atomic E-state index is 0.100. The number of rotatable bonds is 14. The quantitative estimate of drug-likeness (QED) is 0.234. The van der Waals surface area contributed by atoms with Crippen LogP contribution < -0.4 is 10.2 Å². The number of anilines is 1. The van der Waals surface area contributed by atoms with E-state index in [1.807, 2.05) is 30.3 Å². The van der Waals surface area contributed by atoms with E-state index in [9.17, 15) is 24.3 Å². The summed E-state index contributed by atoms with van der Waals surface area (Å²) >= 11 is 6.51. The SMILES string of the molecule is C=CCCC(=O)OC[C@H](NC(=O)[C@@H]1[C@H]2C(=O)N([C@H](C)CO)[C@H](C(=O)N(CC=C)c3ccccc3Cl)[C@]23CC[C@H]1O3)c1ccccc1. The number of esters is 1. The topological polar surface area (TPSA) is 125 Å². The van der Waals surface area contributed by atoms with E-state index in [2.05, 4.69) is 18.5 Å². The molecule has 2 bridgehead atoms. The second-order valence-corrected chi connectivity index (χ2v) is 12.4. The number of benzene rings is 2. The average Bonchev–Trinajstić information content (AvgIpc) is 3.72. The molecule has 244 valence electrons. The zero-order chi connectivity index (χ0) is 33.0. The van der Waals surface area contributed by atoms with Gasteiger partial charge in [-0.05, 0) is 43.9 Å². The number of halogens is 1. The zero-order valence-electron chi connectivity index (χ0n) is 25.8. The molecule has 0 unspecified atom stereocenters. The molecule has 0 aromatic heterocycles. The molecule has 7 atom stereocenters. The van der Waals surface area contributed by atoms with Crippen molar-refractivity contribution < 1.29 is 33.8 Å². The van der Waals surface area contributed by atoms with Crippen LogP contribution >= 0.6 is 11.6 Å². The Bertz CT molecular complexity index is 1490. The van der Waals surface area contributed by atoms with Crippen LogP contribution in [-0.2, 0) is 28.7 Å². The highest BCUT2D eigenvalue weighted by atomic mass is 35.5. The first-order valence-corrected chi connectivity index (χ1v) is 16.0. The molecular weight excluding hydrogens is 610 g/mol. The summed E-state index contributed by atoms with van der Waals surface area (Å²) in [6, 6.07) is 13.5. The third-order valence-corrected chi connectivity index (χ3v) is 9.54. The molecule has 3 amide bonds. The number of hydrogen-bond donors (Lipinski definition) is 2. The number of hydrogen-bond acceptors (Lipinski definition) is 7. The van der Waals surface area contributed by atoms with Crippen molar-refractivity contribution in [3.8, 4) is 0 Å². The van der Waals surface area contributed by atoms with Gasteiger partial charge in [-0.1, -0.05) is 66.2 Å². The van der Waals surface area contributed by atoms with Gasteiger partial charge in [-0.3, -0.25) is 19.2 Å². The molecule has 5 rings (SSSR count). The van der Waals surface area contributed by atoms with Crippen molar-refractivity contribution in [3.05, 3.63) is 90.5 Å². The Kier molecular flexibility index (Phi) is 10.3. The van der Waals surface area contributed by atoms with E-state index in [0.717, 1.165) is 5.56 Å². The van der Waals surface area contributed by atoms with E-state index in [1.165, 1.54) is 9.80 Å². The van der Waals surface area contributed by atoms with Gasteiger partial charge in [0, 0.05) is 13.0 Å². The van der Waals surface area contributed by atoms with Crippen LogP contribution in [0.4, 0.5) is 5.69 Å². The van der Waals surface area contributed by atoms with Gasteiger partial charge in [0.1, 0.15) is 18.2 Å². The molecule has 2 aromatic carbocycles. The lowest BCUT2D eigenvalue weighted by Gasteiger charge is -2.38. The van der Waals surface area contributed by atoms with Gasteiger partial charge in [0.2, 0.25) is 11.8 Å². The molecule has 2 aromatic rings. The molecule has 0 saturated carbocycles. The molecule has 3 saturated heterocycles. The van der Waals surface area contributed by atoms with E-state index in [4.69, 9.17) is 21.1 Å². The maximum atomic E-state index is 14.6. The fourth-order valence-electron chi connectivity index (χ4n) is 7.13. The molecule has 10 nitrogen and oxygen atoms in total. The van der Waals surface area contributed by atoms with Crippen LogP contribution in [0.15, 0.2) is 79.9 Å². The summed E-state index contributed by atoms with van der Waals surface area (Å²) in [6.07, 6.45) is 4.09. The predicted molar refractivity (Wildman–Crippen MR) is 173 cm³/mol. The fraction of sp³-hybridized carbons (Fsp3) is 0.429. The van der Waals surface area contributed by atoms with Crippen molar-refractivity contribution >= 4 is 41.0 Å². The number of nitrogens with one attached hydrogen (secondary N) is 1. The average molecular weight is 650 g/mol. The highest BCUT2D eigenvalue weighted by Gasteiger charge is 2.75. The lowest BCUT2D eigenvalue weighted by Crippen LogP contribution is -2.58. The second kappa shape index (κ2) is 14.2. The molecule has 0 radical (unpaired) electrons. The van der Waals surface area contributed by atoms with Crippen LogP contribution in [0.5, 0.6) is 0 Å². The van der Waals surface area contributed by atoms with E-state index in [0.29, 0.717) is 30.0 Å². The Balaban J connectivity index is 1.47. The number of fused-ring (bicyclic) bond motifs is 1. The number of aliphatic hydroxyl groups is 1. The minimum Gasteiger partial charge on any atom is -0.463 e. The van der Waals surface area contributed by atoms with Crippen LogP contribution in [0.1, 0.15) is 44.2 Å². The molecule has 3 aliphatic heterocycles. The van der Waals surface area contributed by atoms with Gasteiger partial charge in [-0.15, -0.1) is 13.2 Å². The Morgan fingerprint density at radius 1 is 1.17 bits per heavy atom. The summed E-state index contributed by atoms with van der Waals surface area (Å²) in [5.41, 5.74) is -0.106. The van der Waals surface area contributed by atoms with Gasteiger partial charge in [-0.25, -0.2) is 0 Å². The third-order valence-electron chi connectivity index (χ3n) is 9.22. The number of allylic oxidation sites excluding steroid dienone is 1. The number of likely N-dealkylation sites (tertiary alicyclic amines) is 1. The maximum absolute atomic E-state index is 14.6. The van der Waals surface area contributed by atoms with Gasteiger partial charge in [0.05, 0.1) is 47.3 Å². The first kappa shape index (κ1) is 33.4. The van der Waals surface area contributed by atoms with Gasteiger partial charge in [0.15, 0.2) is 0 Å². The number of carbonyl (C=O) groups is 4. The molecule has 11 heteroatoms. The first-order valence-electron chi connectivity index (χ1n) is 15.6. The molecule has 0 aliphatic carbocycles. The smallest absolute Gasteiger partial charge is 0.306 e. The van der Waals surface area contributed by atoms with E-state index < -0.39 is 65.4 Å². The Morgan fingerprint density at radius 2 is 1.89 bits per heavy atom. The molecular formula is C35H40ClN3O7. The molecule has 3 heterocycles. The maximum Gasteiger partial charge on any atom is 0.306 e. The third kappa shape index (κ3) is 6.09. The van der Waals surface area contributed by atoms with Crippen molar-refractivity contribution in [3.63, 3.8) is 0 Å². The number of para-hydroxylation sites is 1. The van der Waals surface area contributed by atoms with Crippen LogP contribution in [0.3, 0.4) is 0 Å². The molecule has 46 heavy (non-hydrogen) atoms. The summed E-state index contributed by atoms with van der Waals surface area (Å²) in [4.78, 5) is 58.2. The number of amides is 3. The summed E-state index contributed by atoms with van der Waals surface area (Å²) in [5, 5.41) is 13.6. The second-order valence-electron chi connectivity index (χ2n) is 12.0. The lowest BCUT2D eigenvalue weighted by atomic mass is 9.70. The number of nitrogens with zero attached hydrogens (tertiary/aromatic N) is 2. The largest absolute Gasteiger partial charge is 0.463 e. The van der Waals surface area contributed by atoms with Crippen molar-refractivity contribution in [1.82, 2.24) is 10.2 Å².